The smallest absolute Gasteiger partial charge is 0.146 e. The van der Waals surface area contributed by atoms with E-state index >= 15 is 0 Å². The average molecular weight is 166 g/mol. The number of hydrogen-bond donors (Lipinski definition) is 0. The summed E-state index contributed by atoms with van der Waals surface area (Å²) >= 11 is 0. The van der Waals surface area contributed by atoms with E-state index in [1.807, 2.05) is 0 Å². The standard InChI is InChI=1S/C8H6FNO2/c9-7(8(11)12)4-6-2-1-3-10-5-6/h1-5H,(H,11,12)/p-1/b7-4-. The molecule has 3 nitrogen and oxygen atoms in total. The molecular weight excluding hydrogens is 161 g/mol. The first-order valence-corrected chi connectivity index (χ1v) is 3.18. The monoisotopic (exact) mass is 166 g/mol. The molecule has 0 radical (unpaired) electrons. The highest BCUT2D eigenvalue weighted by atomic mass is 19.1. The lowest BCUT2D eigenvalue weighted by molar-refractivity contribution is -0.301. The van der Waals surface area contributed by atoms with Crippen molar-refractivity contribution in [2.45, 2.75) is 0 Å². The molecule has 0 bridgehead atoms. The number of carboxylic acid groups (broad SMARTS) is 1. The van der Waals surface area contributed by atoms with Gasteiger partial charge in [0.05, 0.1) is 0 Å². The predicted molar refractivity (Wildman–Crippen MR) is 38.3 cm³/mol. The van der Waals surface area contributed by atoms with Gasteiger partial charge in [-0.05, 0) is 17.7 Å². The summed E-state index contributed by atoms with van der Waals surface area (Å²) in [7, 11) is 0. The molecule has 62 valence electrons. The van der Waals surface area contributed by atoms with Crippen molar-refractivity contribution in [3.8, 4) is 0 Å². The third-order valence-electron chi connectivity index (χ3n) is 1.17. The molecule has 0 aromatic carbocycles. The van der Waals surface area contributed by atoms with E-state index in [-0.39, 0.29) is 0 Å². The minimum atomic E-state index is -1.82. The van der Waals surface area contributed by atoms with Crippen LogP contribution in [0.3, 0.4) is 0 Å². The van der Waals surface area contributed by atoms with Gasteiger partial charge >= 0.3 is 0 Å². The first kappa shape index (κ1) is 8.39. The van der Waals surface area contributed by atoms with Gasteiger partial charge in [0.15, 0.2) is 0 Å². The van der Waals surface area contributed by atoms with E-state index in [0.29, 0.717) is 5.56 Å². The molecule has 0 aliphatic rings. The van der Waals surface area contributed by atoms with Crippen LogP contribution >= 0.6 is 0 Å². The SMILES string of the molecule is O=C([O-])/C(F)=C/c1cccnc1. The van der Waals surface area contributed by atoms with E-state index in [9.17, 15) is 14.3 Å². The van der Waals surface area contributed by atoms with Crippen molar-refractivity contribution < 1.29 is 14.3 Å². The molecule has 0 fully saturated rings. The van der Waals surface area contributed by atoms with Crippen LogP contribution in [0.5, 0.6) is 0 Å². The fraction of sp³-hybridized carbons (Fsp3) is 0. The number of pyridine rings is 1. The van der Waals surface area contributed by atoms with Crippen LogP contribution < -0.4 is 5.11 Å². The van der Waals surface area contributed by atoms with Gasteiger partial charge in [-0.1, -0.05) is 6.07 Å². The number of aliphatic carboxylic acids is 1. The van der Waals surface area contributed by atoms with E-state index in [2.05, 4.69) is 4.98 Å². The lowest BCUT2D eigenvalue weighted by atomic mass is 10.2. The molecule has 0 N–H and O–H groups in total. The van der Waals surface area contributed by atoms with Gasteiger partial charge in [0.25, 0.3) is 0 Å². The summed E-state index contributed by atoms with van der Waals surface area (Å²) in [6.07, 6.45) is 3.71. The summed E-state index contributed by atoms with van der Waals surface area (Å²) in [5, 5.41) is 9.93. The first-order chi connectivity index (χ1) is 5.70. The van der Waals surface area contributed by atoms with Gasteiger partial charge < -0.3 is 9.90 Å². The van der Waals surface area contributed by atoms with Crippen molar-refractivity contribution in [1.29, 1.82) is 0 Å². The third kappa shape index (κ3) is 2.16. The second-order valence-corrected chi connectivity index (χ2v) is 2.07. The summed E-state index contributed by atoms with van der Waals surface area (Å²) in [5.41, 5.74) is 0.388. The van der Waals surface area contributed by atoms with Crippen LogP contribution in [0, 0.1) is 0 Å². The maximum Gasteiger partial charge on any atom is 0.146 e. The lowest BCUT2D eigenvalue weighted by Gasteiger charge is -1.96. The van der Waals surface area contributed by atoms with Gasteiger partial charge in [-0.2, -0.15) is 0 Å². The molecule has 0 saturated heterocycles. The summed E-state index contributed by atoms with van der Waals surface area (Å²) in [6.45, 7) is 0. The zero-order valence-corrected chi connectivity index (χ0v) is 6.03. The zero-order chi connectivity index (χ0) is 8.97. The quantitative estimate of drug-likeness (QED) is 0.587. The molecule has 0 unspecified atom stereocenters. The normalized spacial score (nSPS) is 11.2. The highest BCUT2D eigenvalue weighted by molar-refractivity contribution is 5.87. The number of hydrogen-bond acceptors (Lipinski definition) is 3. The van der Waals surface area contributed by atoms with E-state index in [1.165, 1.54) is 18.5 Å². The Labute approximate surface area is 68.2 Å². The van der Waals surface area contributed by atoms with Crippen molar-refractivity contribution in [2.75, 3.05) is 0 Å². The van der Waals surface area contributed by atoms with Gasteiger partial charge in [0.2, 0.25) is 0 Å². The van der Waals surface area contributed by atoms with Crippen molar-refractivity contribution in [1.82, 2.24) is 4.98 Å². The van der Waals surface area contributed by atoms with Gasteiger partial charge in [0.1, 0.15) is 11.8 Å². The van der Waals surface area contributed by atoms with E-state index in [1.54, 1.807) is 6.07 Å². The van der Waals surface area contributed by atoms with Crippen LogP contribution in [-0.4, -0.2) is 11.0 Å². The van der Waals surface area contributed by atoms with E-state index < -0.39 is 11.8 Å². The van der Waals surface area contributed by atoms with Crippen molar-refractivity contribution in [2.24, 2.45) is 0 Å². The fourth-order valence-corrected chi connectivity index (χ4v) is 0.667. The van der Waals surface area contributed by atoms with Crippen LogP contribution in [-0.2, 0) is 4.79 Å². The molecule has 0 aliphatic carbocycles. The molecule has 0 amide bonds. The largest absolute Gasteiger partial charge is 0.542 e. The zero-order valence-electron chi connectivity index (χ0n) is 6.03. The average Bonchev–Trinajstić information content (AvgIpc) is 2.06. The number of carbonyl (C=O) groups is 1. The second-order valence-electron chi connectivity index (χ2n) is 2.07. The minimum absolute atomic E-state index is 0.388. The highest BCUT2D eigenvalue weighted by Gasteiger charge is 1.94. The Balaban J connectivity index is 2.89. The number of carbonyl (C=O) groups excluding carboxylic acids is 1. The maximum absolute atomic E-state index is 12.4. The van der Waals surface area contributed by atoms with E-state index in [0.717, 1.165) is 6.08 Å². The van der Waals surface area contributed by atoms with Crippen LogP contribution in [0.25, 0.3) is 6.08 Å². The van der Waals surface area contributed by atoms with Crippen molar-refractivity contribution in [3.05, 3.63) is 35.9 Å². The maximum atomic E-state index is 12.4. The number of halogens is 1. The Bertz CT molecular complexity index is 308. The van der Waals surface area contributed by atoms with Crippen LogP contribution in [0.2, 0.25) is 0 Å². The molecule has 1 heterocycles. The fourth-order valence-electron chi connectivity index (χ4n) is 0.667. The molecule has 1 aromatic heterocycles. The summed E-state index contributed by atoms with van der Waals surface area (Å²) < 4.78 is 12.4. The van der Waals surface area contributed by atoms with Gasteiger partial charge in [0, 0.05) is 12.4 Å². The Morgan fingerprint density at radius 2 is 2.42 bits per heavy atom. The second kappa shape index (κ2) is 3.61. The summed E-state index contributed by atoms with van der Waals surface area (Å²) in [5.74, 6) is -3.12. The molecule has 0 saturated carbocycles. The Morgan fingerprint density at radius 1 is 1.67 bits per heavy atom. The topological polar surface area (TPSA) is 53.0 Å². The third-order valence-corrected chi connectivity index (χ3v) is 1.17. The van der Waals surface area contributed by atoms with Crippen LogP contribution in [0.1, 0.15) is 5.56 Å². The van der Waals surface area contributed by atoms with Crippen molar-refractivity contribution in [3.63, 3.8) is 0 Å². The first-order valence-electron chi connectivity index (χ1n) is 3.18. The van der Waals surface area contributed by atoms with Crippen LogP contribution in [0.4, 0.5) is 4.39 Å². The number of rotatable bonds is 2. The highest BCUT2D eigenvalue weighted by Crippen LogP contribution is 2.04. The Kier molecular flexibility index (Phi) is 2.53. The molecule has 4 heteroatoms. The molecule has 0 spiro atoms. The molecule has 0 aliphatic heterocycles. The molecule has 1 aromatic rings. The minimum Gasteiger partial charge on any atom is -0.542 e. The van der Waals surface area contributed by atoms with E-state index in [4.69, 9.17) is 0 Å². The molecular formula is C8H5FNO2-. The van der Waals surface area contributed by atoms with Crippen LogP contribution in [0.15, 0.2) is 30.4 Å². The number of carboxylic acids is 1. The van der Waals surface area contributed by atoms with Crippen molar-refractivity contribution >= 4 is 12.0 Å². The predicted octanol–water partition coefficient (Wildman–Crippen LogP) is 0.142. The summed E-state index contributed by atoms with van der Waals surface area (Å²) in [6, 6.07) is 3.11. The Morgan fingerprint density at radius 3 is 2.92 bits per heavy atom. The molecule has 12 heavy (non-hydrogen) atoms. The molecule has 1 rings (SSSR count). The number of nitrogens with zero attached hydrogens (tertiary/aromatic N) is 1. The van der Waals surface area contributed by atoms with Gasteiger partial charge in [-0.25, -0.2) is 4.39 Å². The number of aromatic nitrogens is 1. The lowest BCUT2D eigenvalue weighted by Crippen LogP contribution is -2.22. The molecule has 0 atom stereocenters. The summed E-state index contributed by atoms with van der Waals surface area (Å²) in [4.78, 5) is 13.6. The van der Waals surface area contributed by atoms with Gasteiger partial charge in [-0.15, -0.1) is 0 Å². The Hall–Kier alpha value is -1.71. The van der Waals surface area contributed by atoms with Gasteiger partial charge in [-0.3, -0.25) is 4.98 Å².